The molecule has 0 fully saturated rings. The van der Waals surface area contributed by atoms with Crippen molar-refractivity contribution in [1.82, 2.24) is 4.90 Å². The standard InChI is InChI=1S/C14H20ClNO2/c1-10(2)12-6-5-11(13(9-12)18-4)7-8-16(3)14(15)17/h5-6,9-10H,7-8H2,1-4H3. The van der Waals surface area contributed by atoms with Crippen molar-refractivity contribution in [3.05, 3.63) is 29.3 Å². The molecule has 0 aliphatic carbocycles. The first kappa shape index (κ1) is 14.8. The molecule has 4 heteroatoms. The molecule has 0 N–H and O–H groups in total. The molecule has 0 bridgehead atoms. The van der Waals surface area contributed by atoms with E-state index < -0.39 is 5.37 Å². The first-order valence-electron chi connectivity index (χ1n) is 6.03. The molecule has 0 atom stereocenters. The fourth-order valence-corrected chi connectivity index (χ4v) is 1.79. The minimum Gasteiger partial charge on any atom is -0.496 e. The van der Waals surface area contributed by atoms with Crippen LogP contribution in [0.3, 0.4) is 0 Å². The van der Waals surface area contributed by atoms with Gasteiger partial charge in [-0.05, 0) is 41.1 Å². The normalized spacial score (nSPS) is 10.6. The Hall–Kier alpha value is -1.22. The molecule has 0 spiro atoms. The lowest BCUT2D eigenvalue weighted by atomic mass is 10.00. The minimum absolute atomic E-state index is 0.437. The summed E-state index contributed by atoms with van der Waals surface area (Å²) in [6.07, 6.45) is 0.733. The van der Waals surface area contributed by atoms with E-state index in [1.165, 1.54) is 10.5 Å². The number of likely N-dealkylation sites (N-methyl/N-ethyl adjacent to an activating group) is 1. The SMILES string of the molecule is COc1cc(C(C)C)ccc1CCN(C)C(=O)Cl. The molecule has 0 aliphatic heterocycles. The van der Waals surface area contributed by atoms with Gasteiger partial charge in [-0.2, -0.15) is 0 Å². The van der Waals surface area contributed by atoms with Crippen molar-refractivity contribution in [2.45, 2.75) is 26.2 Å². The third-order valence-electron chi connectivity index (χ3n) is 2.99. The fraction of sp³-hybridized carbons (Fsp3) is 0.500. The summed E-state index contributed by atoms with van der Waals surface area (Å²) < 4.78 is 5.39. The van der Waals surface area contributed by atoms with Gasteiger partial charge in [-0.15, -0.1) is 0 Å². The zero-order chi connectivity index (χ0) is 13.7. The summed E-state index contributed by atoms with van der Waals surface area (Å²) in [4.78, 5) is 12.4. The highest BCUT2D eigenvalue weighted by atomic mass is 35.5. The predicted molar refractivity (Wildman–Crippen MR) is 74.7 cm³/mol. The Morgan fingerprint density at radius 2 is 2.11 bits per heavy atom. The van der Waals surface area contributed by atoms with Crippen LogP contribution >= 0.6 is 11.6 Å². The molecule has 0 radical (unpaired) electrons. The van der Waals surface area contributed by atoms with Gasteiger partial charge in [0.1, 0.15) is 5.75 Å². The second-order valence-corrected chi connectivity index (χ2v) is 4.97. The quantitative estimate of drug-likeness (QED) is 0.603. The molecule has 3 nitrogen and oxygen atoms in total. The van der Waals surface area contributed by atoms with Crippen LogP contribution in [0, 0.1) is 0 Å². The lowest BCUT2D eigenvalue weighted by molar-refractivity contribution is 0.232. The number of hydrogen-bond donors (Lipinski definition) is 0. The molecule has 0 saturated carbocycles. The Bertz CT molecular complexity index is 418. The highest BCUT2D eigenvalue weighted by Gasteiger charge is 2.09. The third kappa shape index (κ3) is 3.91. The van der Waals surface area contributed by atoms with Crippen molar-refractivity contribution in [2.24, 2.45) is 0 Å². The largest absolute Gasteiger partial charge is 0.496 e. The van der Waals surface area contributed by atoms with Crippen molar-refractivity contribution < 1.29 is 9.53 Å². The molecule has 1 aromatic rings. The number of carbonyl (C=O) groups is 1. The average molecular weight is 270 g/mol. The van der Waals surface area contributed by atoms with Crippen molar-refractivity contribution >= 4 is 17.0 Å². The molecule has 0 aliphatic rings. The van der Waals surface area contributed by atoms with Crippen LogP contribution in [0.1, 0.15) is 30.9 Å². The zero-order valence-electron chi connectivity index (χ0n) is 11.4. The first-order chi connectivity index (χ1) is 8.45. The number of nitrogens with zero attached hydrogens (tertiary/aromatic N) is 1. The van der Waals surface area contributed by atoms with Crippen LogP contribution < -0.4 is 4.74 Å². The summed E-state index contributed by atoms with van der Waals surface area (Å²) in [6, 6.07) is 6.22. The van der Waals surface area contributed by atoms with E-state index in [-0.39, 0.29) is 0 Å². The van der Waals surface area contributed by atoms with E-state index >= 15 is 0 Å². The second kappa shape index (κ2) is 6.64. The Labute approximate surface area is 114 Å². The summed E-state index contributed by atoms with van der Waals surface area (Å²) in [6.45, 7) is 4.88. The smallest absolute Gasteiger partial charge is 0.316 e. The summed E-state index contributed by atoms with van der Waals surface area (Å²) >= 11 is 5.39. The maximum atomic E-state index is 10.9. The van der Waals surface area contributed by atoms with Crippen molar-refractivity contribution in [1.29, 1.82) is 0 Å². The van der Waals surface area contributed by atoms with E-state index in [1.807, 2.05) is 0 Å². The van der Waals surface area contributed by atoms with Gasteiger partial charge in [0.25, 0.3) is 0 Å². The van der Waals surface area contributed by atoms with Crippen molar-refractivity contribution in [3.63, 3.8) is 0 Å². The maximum Gasteiger partial charge on any atom is 0.316 e. The van der Waals surface area contributed by atoms with Crippen LogP contribution in [0.5, 0.6) is 5.75 Å². The number of methoxy groups -OCH3 is 1. The lowest BCUT2D eigenvalue weighted by Gasteiger charge is -2.16. The number of ether oxygens (including phenoxy) is 1. The Morgan fingerprint density at radius 1 is 1.44 bits per heavy atom. The highest BCUT2D eigenvalue weighted by molar-refractivity contribution is 6.62. The van der Waals surface area contributed by atoms with Gasteiger partial charge in [0.05, 0.1) is 7.11 Å². The van der Waals surface area contributed by atoms with Gasteiger partial charge in [-0.1, -0.05) is 26.0 Å². The van der Waals surface area contributed by atoms with E-state index in [1.54, 1.807) is 14.2 Å². The van der Waals surface area contributed by atoms with Crippen LogP contribution in [0.15, 0.2) is 18.2 Å². The number of hydrogen-bond acceptors (Lipinski definition) is 2. The van der Waals surface area contributed by atoms with Gasteiger partial charge < -0.3 is 9.64 Å². The summed E-state index contributed by atoms with van der Waals surface area (Å²) in [5.41, 5.74) is 2.34. The molecule has 1 amide bonds. The number of benzene rings is 1. The molecule has 100 valence electrons. The van der Waals surface area contributed by atoms with Gasteiger partial charge in [0, 0.05) is 13.6 Å². The predicted octanol–water partition coefficient (Wildman–Crippen LogP) is 3.65. The molecule has 0 heterocycles. The maximum absolute atomic E-state index is 10.9. The van der Waals surface area contributed by atoms with Gasteiger partial charge in [-0.25, -0.2) is 0 Å². The average Bonchev–Trinajstić information content (AvgIpc) is 2.35. The fourth-order valence-electron chi connectivity index (χ4n) is 1.70. The molecule has 0 unspecified atom stereocenters. The van der Waals surface area contributed by atoms with E-state index in [0.29, 0.717) is 12.5 Å². The second-order valence-electron chi connectivity index (χ2n) is 4.65. The van der Waals surface area contributed by atoms with Crippen molar-refractivity contribution in [3.8, 4) is 5.75 Å². The van der Waals surface area contributed by atoms with Crippen LogP contribution in [0.4, 0.5) is 4.79 Å². The zero-order valence-corrected chi connectivity index (χ0v) is 12.1. The summed E-state index contributed by atoms with van der Waals surface area (Å²) in [5, 5.41) is -0.437. The van der Waals surface area contributed by atoms with Crippen LogP contribution in [0.25, 0.3) is 0 Å². The van der Waals surface area contributed by atoms with Crippen LogP contribution in [-0.4, -0.2) is 31.0 Å². The Morgan fingerprint density at radius 3 is 2.61 bits per heavy atom. The van der Waals surface area contributed by atoms with Gasteiger partial charge >= 0.3 is 5.37 Å². The molecule has 0 saturated heterocycles. The monoisotopic (exact) mass is 269 g/mol. The number of halogens is 1. The number of carbonyl (C=O) groups excluding carboxylic acids is 1. The molecule has 1 aromatic carbocycles. The minimum atomic E-state index is -0.437. The van der Waals surface area contributed by atoms with Gasteiger partial charge in [0.15, 0.2) is 0 Å². The van der Waals surface area contributed by atoms with Gasteiger partial charge in [0.2, 0.25) is 0 Å². The third-order valence-corrected chi connectivity index (χ3v) is 3.28. The molecule has 18 heavy (non-hydrogen) atoms. The molecular formula is C14H20ClNO2. The first-order valence-corrected chi connectivity index (χ1v) is 6.41. The van der Waals surface area contributed by atoms with E-state index in [9.17, 15) is 4.79 Å². The summed E-state index contributed by atoms with van der Waals surface area (Å²) in [5.74, 6) is 1.34. The molecule has 0 aromatic heterocycles. The van der Waals surface area contributed by atoms with E-state index in [2.05, 4.69) is 32.0 Å². The molecule has 1 rings (SSSR count). The topological polar surface area (TPSA) is 29.5 Å². The number of rotatable bonds is 5. The van der Waals surface area contributed by atoms with E-state index in [4.69, 9.17) is 16.3 Å². The van der Waals surface area contributed by atoms with Crippen molar-refractivity contribution in [2.75, 3.05) is 20.7 Å². The lowest BCUT2D eigenvalue weighted by Crippen LogP contribution is -2.23. The van der Waals surface area contributed by atoms with Gasteiger partial charge in [-0.3, -0.25) is 4.79 Å². The molecular weight excluding hydrogens is 250 g/mol. The summed E-state index contributed by atoms with van der Waals surface area (Å²) in [7, 11) is 3.35. The Kier molecular flexibility index (Phi) is 5.48. The van der Waals surface area contributed by atoms with Crippen LogP contribution in [-0.2, 0) is 6.42 Å². The van der Waals surface area contributed by atoms with E-state index in [0.717, 1.165) is 17.7 Å². The van der Waals surface area contributed by atoms with Crippen LogP contribution in [0.2, 0.25) is 0 Å². The highest BCUT2D eigenvalue weighted by Crippen LogP contribution is 2.25. The number of amides is 1. The Balaban J connectivity index is 2.80.